The van der Waals surface area contributed by atoms with Gasteiger partial charge in [-0.2, -0.15) is 0 Å². The lowest BCUT2D eigenvalue weighted by Gasteiger charge is -2.32. The Bertz CT molecular complexity index is 473. The number of benzene rings is 1. The molecule has 0 aromatic heterocycles. The Balaban J connectivity index is 2.30. The fraction of sp³-hybridized carbons (Fsp3) is 0.538. The minimum absolute atomic E-state index is 0.265. The van der Waals surface area contributed by atoms with Crippen molar-refractivity contribution >= 4 is 21.6 Å². The van der Waals surface area contributed by atoms with Crippen molar-refractivity contribution in [3.8, 4) is 0 Å². The number of rotatable bonds is 4. The van der Waals surface area contributed by atoms with Gasteiger partial charge in [0.15, 0.2) is 9.84 Å². The first-order chi connectivity index (χ1) is 8.05. The van der Waals surface area contributed by atoms with Gasteiger partial charge in [0.2, 0.25) is 0 Å². The summed E-state index contributed by atoms with van der Waals surface area (Å²) in [5.41, 5.74) is 1.09. The molecule has 1 atom stereocenters. The Hall–Kier alpha value is -0.480. The molecular weight excluding hydrogens is 252 g/mol. The van der Waals surface area contributed by atoms with E-state index in [1.807, 2.05) is 25.3 Å². The summed E-state index contributed by atoms with van der Waals surface area (Å²) in [5, 5.41) is 0. The van der Waals surface area contributed by atoms with Crippen molar-refractivity contribution in [2.24, 2.45) is 5.92 Å². The lowest BCUT2D eigenvalue weighted by molar-refractivity contribution is 0.335. The normalized spacial score (nSPS) is 18.7. The highest BCUT2D eigenvalue weighted by molar-refractivity contribution is 8.13. The van der Waals surface area contributed by atoms with Crippen molar-refractivity contribution in [3.63, 3.8) is 0 Å². The van der Waals surface area contributed by atoms with E-state index in [0.29, 0.717) is 10.8 Å². The van der Waals surface area contributed by atoms with Crippen LogP contribution in [0.15, 0.2) is 29.2 Å². The third-order valence-electron chi connectivity index (χ3n) is 3.42. The molecule has 17 heavy (non-hydrogen) atoms. The monoisotopic (exact) mass is 270 g/mol. The lowest BCUT2D eigenvalue weighted by atomic mass is 9.87. The van der Waals surface area contributed by atoms with Gasteiger partial charge in [-0.25, -0.2) is 8.42 Å². The number of sulfone groups is 1. The molecule has 0 amide bonds. The largest absolute Gasteiger partial charge is 0.223 e. The van der Waals surface area contributed by atoms with Crippen molar-refractivity contribution in [1.82, 2.24) is 0 Å². The topological polar surface area (TPSA) is 34.1 Å². The van der Waals surface area contributed by atoms with Crippen LogP contribution in [0.3, 0.4) is 0 Å². The van der Waals surface area contributed by atoms with Crippen LogP contribution in [0.1, 0.15) is 24.8 Å². The first kappa shape index (κ1) is 13.0. The Morgan fingerprint density at radius 1 is 1.24 bits per heavy atom. The third kappa shape index (κ3) is 2.52. The van der Waals surface area contributed by atoms with Gasteiger partial charge in [0.05, 0.1) is 4.90 Å². The van der Waals surface area contributed by atoms with Crippen LogP contribution in [-0.4, -0.2) is 19.3 Å². The molecule has 1 aliphatic carbocycles. The zero-order chi connectivity index (χ0) is 12.5. The van der Waals surface area contributed by atoms with E-state index >= 15 is 0 Å². The molecule has 1 aliphatic rings. The predicted octanol–water partition coefficient (Wildman–Crippen LogP) is 3.26. The third-order valence-corrected chi connectivity index (χ3v) is 7.54. The molecule has 0 heterocycles. The van der Waals surface area contributed by atoms with E-state index in [1.54, 1.807) is 12.1 Å². The van der Waals surface area contributed by atoms with Crippen LogP contribution in [0.5, 0.6) is 0 Å². The molecule has 1 aromatic rings. The van der Waals surface area contributed by atoms with Gasteiger partial charge in [0.1, 0.15) is 4.58 Å². The summed E-state index contributed by atoms with van der Waals surface area (Å²) < 4.78 is 24.7. The van der Waals surface area contributed by atoms with Gasteiger partial charge in [-0.3, -0.25) is 0 Å². The van der Waals surface area contributed by atoms with E-state index in [0.717, 1.165) is 18.4 Å². The average Bonchev–Trinajstić information content (AvgIpc) is 2.23. The standard InChI is InChI=1S/C13H18O2S2/c1-10-6-8-12(9-7-10)17(14,15)13(16-2)11-4-3-5-11/h6-9,11,13H,3-5H2,1-2H3. The van der Waals surface area contributed by atoms with Crippen molar-refractivity contribution in [1.29, 1.82) is 0 Å². The fourth-order valence-electron chi connectivity index (χ4n) is 2.15. The zero-order valence-electron chi connectivity index (χ0n) is 10.2. The molecule has 1 unspecified atom stereocenters. The van der Waals surface area contributed by atoms with Crippen molar-refractivity contribution < 1.29 is 8.42 Å². The van der Waals surface area contributed by atoms with Gasteiger partial charge in [0.25, 0.3) is 0 Å². The van der Waals surface area contributed by atoms with E-state index in [9.17, 15) is 8.42 Å². The quantitative estimate of drug-likeness (QED) is 0.842. The summed E-state index contributed by atoms with van der Waals surface area (Å²) in [6.07, 6.45) is 5.17. The summed E-state index contributed by atoms with van der Waals surface area (Å²) >= 11 is 1.47. The second-order valence-electron chi connectivity index (χ2n) is 4.65. The summed E-state index contributed by atoms with van der Waals surface area (Å²) in [4.78, 5) is 0.467. The molecule has 2 rings (SSSR count). The van der Waals surface area contributed by atoms with Gasteiger partial charge < -0.3 is 0 Å². The Morgan fingerprint density at radius 2 is 1.82 bits per heavy atom. The maximum atomic E-state index is 12.5. The first-order valence-corrected chi connectivity index (χ1v) is 8.72. The SMILES string of the molecule is CSC(C1CCC1)S(=O)(=O)c1ccc(C)cc1. The first-order valence-electron chi connectivity index (χ1n) is 5.89. The molecule has 0 saturated heterocycles. The van der Waals surface area contributed by atoms with Crippen LogP contribution in [0.2, 0.25) is 0 Å². The minimum Gasteiger partial charge on any atom is -0.223 e. The number of hydrogen-bond acceptors (Lipinski definition) is 3. The van der Waals surface area contributed by atoms with Crippen molar-refractivity contribution in [2.45, 2.75) is 35.7 Å². The molecule has 1 aromatic carbocycles. The Morgan fingerprint density at radius 3 is 2.24 bits per heavy atom. The maximum absolute atomic E-state index is 12.5. The molecule has 0 radical (unpaired) electrons. The number of thioether (sulfide) groups is 1. The predicted molar refractivity (Wildman–Crippen MR) is 73.0 cm³/mol. The minimum atomic E-state index is -3.17. The molecule has 94 valence electrons. The molecule has 1 saturated carbocycles. The summed E-state index contributed by atoms with van der Waals surface area (Å²) in [6.45, 7) is 1.97. The molecular formula is C13H18O2S2. The summed E-state index contributed by atoms with van der Waals surface area (Å²) in [7, 11) is -3.17. The molecule has 4 heteroatoms. The molecule has 2 nitrogen and oxygen atoms in total. The molecule has 0 N–H and O–H groups in total. The maximum Gasteiger partial charge on any atom is 0.190 e. The highest BCUT2D eigenvalue weighted by atomic mass is 32.3. The highest BCUT2D eigenvalue weighted by Gasteiger charge is 2.37. The Kier molecular flexibility index (Phi) is 3.83. The Labute approximate surface area is 108 Å². The highest BCUT2D eigenvalue weighted by Crippen LogP contribution is 2.40. The average molecular weight is 270 g/mol. The van der Waals surface area contributed by atoms with E-state index in [4.69, 9.17) is 0 Å². The van der Waals surface area contributed by atoms with Crippen LogP contribution in [0.4, 0.5) is 0 Å². The number of aryl methyl sites for hydroxylation is 1. The van der Waals surface area contributed by atoms with Crippen LogP contribution in [-0.2, 0) is 9.84 Å². The van der Waals surface area contributed by atoms with Gasteiger partial charge >= 0.3 is 0 Å². The zero-order valence-corrected chi connectivity index (χ0v) is 11.9. The smallest absolute Gasteiger partial charge is 0.190 e. The van der Waals surface area contributed by atoms with Crippen LogP contribution in [0, 0.1) is 12.8 Å². The van der Waals surface area contributed by atoms with Crippen molar-refractivity contribution in [3.05, 3.63) is 29.8 Å². The molecule has 1 fully saturated rings. The molecule has 0 spiro atoms. The van der Waals surface area contributed by atoms with Gasteiger partial charge in [0, 0.05) is 0 Å². The molecule has 0 bridgehead atoms. The second kappa shape index (κ2) is 5.02. The van der Waals surface area contributed by atoms with E-state index in [1.165, 1.54) is 18.2 Å². The lowest BCUT2D eigenvalue weighted by Crippen LogP contribution is -2.31. The van der Waals surface area contributed by atoms with Crippen molar-refractivity contribution in [2.75, 3.05) is 6.26 Å². The summed E-state index contributed by atoms with van der Waals surface area (Å²) in [5.74, 6) is 0.344. The van der Waals surface area contributed by atoms with Crippen LogP contribution in [0.25, 0.3) is 0 Å². The van der Waals surface area contributed by atoms with Gasteiger partial charge in [-0.1, -0.05) is 24.1 Å². The van der Waals surface area contributed by atoms with Gasteiger partial charge in [-0.15, -0.1) is 11.8 Å². The van der Waals surface area contributed by atoms with E-state index in [-0.39, 0.29) is 4.58 Å². The van der Waals surface area contributed by atoms with E-state index < -0.39 is 9.84 Å². The second-order valence-corrected chi connectivity index (χ2v) is 8.00. The summed E-state index contributed by atoms with van der Waals surface area (Å²) in [6, 6.07) is 7.19. The van der Waals surface area contributed by atoms with Crippen LogP contribution < -0.4 is 0 Å². The fourth-order valence-corrected chi connectivity index (χ4v) is 5.71. The van der Waals surface area contributed by atoms with Crippen LogP contribution >= 0.6 is 11.8 Å². The van der Waals surface area contributed by atoms with Gasteiger partial charge in [-0.05, 0) is 44.1 Å². The molecule has 0 aliphatic heterocycles. The number of hydrogen-bond donors (Lipinski definition) is 0. The van der Waals surface area contributed by atoms with E-state index in [2.05, 4.69) is 0 Å².